The first kappa shape index (κ1) is 15.3. The van der Waals surface area contributed by atoms with Crippen LogP contribution in [0.5, 0.6) is 0 Å². The van der Waals surface area contributed by atoms with E-state index < -0.39 is 0 Å². The van der Waals surface area contributed by atoms with Gasteiger partial charge in [-0.25, -0.2) is 0 Å². The summed E-state index contributed by atoms with van der Waals surface area (Å²) in [6.07, 6.45) is 3.24. The molecule has 2 aliphatic carbocycles. The van der Waals surface area contributed by atoms with Gasteiger partial charge in [-0.1, -0.05) is 24.3 Å². The van der Waals surface area contributed by atoms with E-state index in [2.05, 4.69) is 29.6 Å². The van der Waals surface area contributed by atoms with Crippen molar-refractivity contribution in [3.05, 3.63) is 35.4 Å². The summed E-state index contributed by atoms with van der Waals surface area (Å²) in [5.41, 5.74) is 8.54. The Morgan fingerprint density at radius 3 is 2.85 bits per heavy atom. The summed E-state index contributed by atoms with van der Waals surface area (Å²) in [4.78, 5) is 12.3. The summed E-state index contributed by atoms with van der Waals surface area (Å²) in [6.45, 7) is 4.40. The number of rotatable bonds is 3. The first-order valence-corrected chi connectivity index (χ1v) is 7.07. The van der Waals surface area contributed by atoms with E-state index in [0.717, 1.165) is 19.3 Å². The molecule has 3 N–H and O–H groups in total. The molecule has 20 heavy (non-hydrogen) atoms. The van der Waals surface area contributed by atoms with E-state index in [9.17, 15) is 4.79 Å². The molecule has 0 aromatic heterocycles. The van der Waals surface area contributed by atoms with Crippen molar-refractivity contribution in [2.45, 2.75) is 44.1 Å². The Hall–Kier alpha value is -1.06. The van der Waals surface area contributed by atoms with Crippen molar-refractivity contribution < 1.29 is 4.79 Å². The van der Waals surface area contributed by atoms with Crippen LogP contribution in [0.25, 0.3) is 0 Å². The summed E-state index contributed by atoms with van der Waals surface area (Å²) in [6, 6.07) is 8.57. The number of carbonyl (C=O) groups excluding carboxylic acids is 1. The highest BCUT2D eigenvalue weighted by atomic mass is 35.5. The second-order valence-corrected chi connectivity index (χ2v) is 6.78. The maximum absolute atomic E-state index is 12.3. The van der Waals surface area contributed by atoms with Crippen molar-refractivity contribution >= 4 is 18.3 Å². The van der Waals surface area contributed by atoms with Crippen LogP contribution in [0, 0.1) is 5.92 Å². The lowest BCUT2D eigenvalue weighted by Gasteiger charge is -2.19. The van der Waals surface area contributed by atoms with Crippen LogP contribution >= 0.6 is 12.4 Å². The molecule has 1 fully saturated rings. The van der Waals surface area contributed by atoms with E-state index in [1.54, 1.807) is 0 Å². The Bertz CT molecular complexity index is 523. The van der Waals surface area contributed by atoms with Gasteiger partial charge < -0.3 is 11.1 Å². The van der Waals surface area contributed by atoms with Gasteiger partial charge in [0.15, 0.2) is 0 Å². The topological polar surface area (TPSA) is 55.1 Å². The maximum Gasteiger partial charge on any atom is 0.224 e. The molecule has 1 spiro atoms. The quantitative estimate of drug-likeness (QED) is 0.898. The fourth-order valence-electron chi connectivity index (χ4n) is 3.38. The van der Waals surface area contributed by atoms with Crippen molar-refractivity contribution in [1.29, 1.82) is 0 Å². The van der Waals surface area contributed by atoms with Crippen molar-refractivity contribution in [1.82, 2.24) is 5.32 Å². The highest BCUT2D eigenvalue weighted by Crippen LogP contribution is 2.61. The number of halogens is 1. The van der Waals surface area contributed by atoms with Crippen molar-refractivity contribution in [2.24, 2.45) is 11.7 Å². The third kappa shape index (κ3) is 2.57. The lowest BCUT2D eigenvalue weighted by Crippen LogP contribution is -2.45. The minimum absolute atomic E-state index is 0. The Balaban J connectivity index is 0.00000147. The van der Waals surface area contributed by atoms with Crippen molar-refractivity contribution in [3.63, 3.8) is 0 Å². The molecule has 2 aliphatic rings. The van der Waals surface area contributed by atoms with Crippen LogP contribution in [0.3, 0.4) is 0 Å². The highest BCUT2D eigenvalue weighted by Gasteiger charge is 2.61. The maximum atomic E-state index is 12.3. The summed E-state index contributed by atoms with van der Waals surface area (Å²) in [5.74, 6) is 0.328. The molecule has 1 aromatic carbocycles. The van der Waals surface area contributed by atoms with Crippen molar-refractivity contribution in [3.8, 4) is 0 Å². The van der Waals surface area contributed by atoms with Crippen LogP contribution in [0.4, 0.5) is 0 Å². The monoisotopic (exact) mass is 294 g/mol. The third-order valence-corrected chi connectivity index (χ3v) is 4.50. The number of hydrogen-bond donors (Lipinski definition) is 2. The number of fused-ring (bicyclic) bond motifs is 2. The fourth-order valence-corrected chi connectivity index (χ4v) is 3.38. The molecule has 0 bridgehead atoms. The van der Waals surface area contributed by atoms with Crippen LogP contribution in [-0.2, 0) is 16.6 Å². The van der Waals surface area contributed by atoms with Gasteiger partial charge in [0.05, 0.1) is 0 Å². The Morgan fingerprint density at radius 1 is 1.45 bits per heavy atom. The van der Waals surface area contributed by atoms with Crippen LogP contribution < -0.4 is 11.1 Å². The van der Waals surface area contributed by atoms with Crippen molar-refractivity contribution in [2.75, 3.05) is 6.54 Å². The Morgan fingerprint density at radius 2 is 2.15 bits per heavy atom. The van der Waals surface area contributed by atoms with Gasteiger partial charge in [0.2, 0.25) is 5.91 Å². The zero-order chi connectivity index (χ0) is 13.7. The number of aryl methyl sites for hydroxylation is 1. The van der Waals surface area contributed by atoms with Gasteiger partial charge in [-0.3, -0.25) is 4.79 Å². The largest absolute Gasteiger partial charge is 0.354 e. The molecule has 0 saturated heterocycles. The first-order chi connectivity index (χ1) is 8.92. The Kier molecular flexibility index (Phi) is 3.87. The van der Waals surface area contributed by atoms with Crippen LogP contribution in [0.2, 0.25) is 0 Å². The average molecular weight is 295 g/mol. The van der Waals surface area contributed by atoms with Gasteiger partial charge in [-0.2, -0.15) is 0 Å². The van der Waals surface area contributed by atoms with E-state index >= 15 is 0 Å². The predicted molar refractivity (Wildman–Crippen MR) is 83.1 cm³/mol. The van der Waals surface area contributed by atoms with Gasteiger partial charge in [0.25, 0.3) is 0 Å². The molecule has 1 aromatic rings. The van der Waals surface area contributed by atoms with E-state index in [0.29, 0.717) is 6.54 Å². The minimum atomic E-state index is -0.342. The van der Waals surface area contributed by atoms with Crippen LogP contribution in [0.1, 0.15) is 37.8 Å². The van der Waals surface area contributed by atoms with E-state index in [-0.39, 0.29) is 35.2 Å². The third-order valence-electron chi connectivity index (χ3n) is 4.50. The lowest BCUT2D eigenvalue weighted by molar-refractivity contribution is -0.123. The lowest BCUT2D eigenvalue weighted by atomic mass is 9.95. The molecule has 4 heteroatoms. The second kappa shape index (κ2) is 5.05. The highest BCUT2D eigenvalue weighted by molar-refractivity contribution is 5.85. The summed E-state index contributed by atoms with van der Waals surface area (Å²) in [5, 5.41) is 3.00. The first-order valence-electron chi connectivity index (χ1n) is 7.07. The number of amides is 1. The molecule has 0 heterocycles. The van der Waals surface area contributed by atoms with E-state index in [1.807, 2.05) is 13.8 Å². The van der Waals surface area contributed by atoms with Gasteiger partial charge in [-0.15, -0.1) is 12.4 Å². The molecular weight excluding hydrogens is 272 g/mol. The number of hydrogen-bond acceptors (Lipinski definition) is 2. The standard InChI is InChI=1S/C16H22N2O.ClH/c1-15(2,17)10-18-14(19)13-9-16(13)8-7-11-5-3-4-6-12(11)16;/h3-6,13H,7-10,17H2,1-2H3,(H,18,19);1H. The van der Waals surface area contributed by atoms with Gasteiger partial charge in [0.1, 0.15) is 0 Å². The smallest absolute Gasteiger partial charge is 0.224 e. The molecule has 3 nitrogen and oxygen atoms in total. The number of nitrogens with one attached hydrogen (secondary N) is 1. The SMILES string of the molecule is CC(C)(N)CNC(=O)C1CC12CCc1ccccc12.Cl. The fraction of sp³-hybridized carbons (Fsp3) is 0.562. The average Bonchev–Trinajstić information content (AvgIpc) is 2.97. The molecule has 1 amide bonds. The van der Waals surface area contributed by atoms with E-state index in [1.165, 1.54) is 11.1 Å². The minimum Gasteiger partial charge on any atom is -0.354 e. The van der Waals surface area contributed by atoms with Crippen LogP contribution in [-0.4, -0.2) is 18.0 Å². The normalized spacial score (nSPS) is 26.9. The van der Waals surface area contributed by atoms with Crippen LogP contribution in [0.15, 0.2) is 24.3 Å². The molecule has 0 radical (unpaired) electrons. The second-order valence-electron chi connectivity index (χ2n) is 6.78. The molecule has 0 aliphatic heterocycles. The number of nitrogens with two attached hydrogens (primary N) is 1. The van der Waals surface area contributed by atoms with Gasteiger partial charge in [0, 0.05) is 23.4 Å². The summed E-state index contributed by atoms with van der Waals surface area (Å²) >= 11 is 0. The molecule has 110 valence electrons. The van der Waals surface area contributed by atoms with E-state index in [4.69, 9.17) is 5.73 Å². The summed E-state index contributed by atoms with van der Waals surface area (Å²) in [7, 11) is 0. The van der Waals surface area contributed by atoms with Gasteiger partial charge in [-0.05, 0) is 44.2 Å². The van der Waals surface area contributed by atoms with Gasteiger partial charge >= 0.3 is 0 Å². The molecule has 3 rings (SSSR count). The Labute approximate surface area is 126 Å². The number of benzene rings is 1. The summed E-state index contributed by atoms with van der Waals surface area (Å²) < 4.78 is 0. The zero-order valence-electron chi connectivity index (χ0n) is 12.1. The zero-order valence-corrected chi connectivity index (χ0v) is 12.9. The molecule has 1 saturated carbocycles. The molecular formula is C16H23ClN2O. The molecule has 2 unspecified atom stereocenters. The molecule has 2 atom stereocenters. The predicted octanol–water partition coefficient (Wildman–Crippen LogP) is 2.17. The number of carbonyl (C=O) groups is 1.